The first-order valence-electron chi connectivity index (χ1n) is 7.98. The van der Waals surface area contributed by atoms with Crippen molar-refractivity contribution < 1.29 is 4.79 Å². The lowest BCUT2D eigenvalue weighted by molar-refractivity contribution is 0.0703. The molecule has 1 amide bonds. The number of pyridine rings is 1. The van der Waals surface area contributed by atoms with Gasteiger partial charge in [-0.25, -0.2) is 4.98 Å². The first-order valence-corrected chi connectivity index (χ1v) is 8.36. The Kier molecular flexibility index (Phi) is 3.69. The van der Waals surface area contributed by atoms with Crippen molar-refractivity contribution in [2.75, 3.05) is 11.9 Å². The zero-order chi connectivity index (χ0) is 15.8. The molecule has 0 radical (unpaired) electrons. The highest BCUT2D eigenvalue weighted by molar-refractivity contribution is 6.30. The fourth-order valence-electron chi connectivity index (χ4n) is 3.61. The van der Waals surface area contributed by atoms with Crippen LogP contribution in [0, 0.1) is 5.92 Å². The number of aromatic nitrogens is 1. The summed E-state index contributed by atoms with van der Waals surface area (Å²) in [6, 6.07) is 11.6. The molecule has 4 rings (SSSR count). The van der Waals surface area contributed by atoms with E-state index in [4.69, 9.17) is 11.6 Å². The summed E-state index contributed by atoms with van der Waals surface area (Å²) in [5, 5.41) is 3.90. The molecule has 118 valence electrons. The zero-order valence-electron chi connectivity index (χ0n) is 12.7. The number of likely N-dealkylation sites (tertiary alicyclic amines) is 1. The van der Waals surface area contributed by atoms with Gasteiger partial charge in [0.25, 0.3) is 5.91 Å². The topological polar surface area (TPSA) is 45.2 Å². The van der Waals surface area contributed by atoms with Crippen LogP contribution in [0.5, 0.6) is 0 Å². The largest absolute Gasteiger partial charge is 0.340 e. The minimum Gasteiger partial charge on any atom is -0.340 e. The number of nitrogens with one attached hydrogen (secondary N) is 1. The third-order valence-corrected chi connectivity index (χ3v) is 5.05. The molecule has 1 aromatic carbocycles. The molecule has 1 aliphatic heterocycles. The number of piperidine rings is 1. The summed E-state index contributed by atoms with van der Waals surface area (Å²) in [5.41, 5.74) is 1.58. The van der Waals surface area contributed by atoms with Crippen molar-refractivity contribution in [3.05, 3.63) is 53.2 Å². The molecule has 4 nitrogen and oxygen atoms in total. The van der Waals surface area contributed by atoms with Crippen LogP contribution in [0.4, 0.5) is 11.5 Å². The number of rotatable bonds is 3. The van der Waals surface area contributed by atoms with Crippen LogP contribution in [-0.2, 0) is 0 Å². The summed E-state index contributed by atoms with van der Waals surface area (Å²) in [4.78, 5) is 19.0. The fourth-order valence-corrected chi connectivity index (χ4v) is 3.74. The molecule has 2 atom stereocenters. The Balaban J connectivity index is 1.45. The molecule has 1 aromatic heterocycles. The Morgan fingerprint density at radius 3 is 2.61 bits per heavy atom. The van der Waals surface area contributed by atoms with Gasteiger partial charge in [-0.3, -0.25) is 4.79 Å². The average molecular weight is 328 g/mol. The maximum Gasteiger partial charge on any atom is 0.255 e. The predicted molar refractivity (Wildman–Crippen MR) is 91.1 cm³/mol. The van der Waals surface area contributed by atoms with E-state index in [2.05, 4.69) is 10.3 Å². The van der Waals surface area contributed by atoms with Crippen LogP contribution in [0.2, 0.25) is 5.02 Å². The minimum atomic E-state index is 0.114. The lowest BCUT2D eigenvalue weighted by Crippen LogP contribution is -2.37. The first kappa shape index (κ1) is 14.5. The van der Waals surface area contributed by atoms with Crippen molar-refractivity contribution in [1.82, 2.24) is 9.88 Å². The molecule has 1 saturated carbocycles. The van der Waals surface area contributed by atoms with Crippen molar-refractivity contribution in [2.45, 2.75) is 25.3 Å². The summed E-state index contributed by atoms with van der Waals surface area (Å²) < 4.78 is 0. The van der Waals surface area contributed by atoms with Crippen LogP contribution in [0.15, 0.2) is 42.6 Å². The zero-order valence-corrected chi connectivity index (χ0v) is 13.5. The van der Waals surface area contributed by atoms with Crippen LogP contribution in [-0.4, -0.2) is 28.4 Å². The number of carbonyl (C=O) groups is 1. The fraction of sp³-hybridized carbons (Fsp3) is 0.333. The van der Waals surface area contributed by atoms with Crippen molar-refractivity contribution in [1.29, 1.82) is 0 Å². The average Bonchev–Trinajstić information content (AvgIpc) is 3.20. The van der Waals surface area contributed by atoms with E-state index in [1.54, 1.807) is 6.20 Å². The number of hydrogen-bond donors (Lipinski definition) is 1. The van der Waals surface area contributed by atoms with Gasteiger partial charge in [0.15, 0.2) is 0 Å². The number of benzene rings is 1. The molecule has 1 saturated heterocycles. The molecule has 23 heavy (non-hydrogen) atoms. The molecular formula is C18H18ClN3O. The minimum absolute atomic E-state index is 0.114. The summed E-state index contributed by atoms with van der Waals surface area (Å²) in [7, 11) is 0. The van der Waals surface area contributed by atoms with Gasteiger partial charge in [0.1, 0.15) is 5.82 Å². The second-order valence-corrected chi connectivity index (χ2v) is 6.79. The number of carbonyl (C=O) groups excluding carboxylic acids is 1. The Labute approximate surface area is 140 Å². The smallest absolute Gasteiger partial charge is 0.255 e. The lowest BCUT2D eigenvalue weighted by Gasteiger charge is -2.26. The highest BCUT2D eigenvalue weighted by Crippen LogP contribution is 2.38. The van der Waals surface area contributed by atoms with Crippen LogP contribution < -0.4 is 5.32 Å². The molecule has 1 N–H and O–H groups in total. The molecule has 0 spiro atoms. The first-order chi connectivity index (χ1) is 11.2. The molecule has 2 heterocycles. The standard InChI is InChI=1S/C18H18ClN3O/c19-14-3-5-15(6-4-14)21-17-8-2-13(10-20-17)18(23)22-11-12-1-7-16(22)9-12/h2-6,8,10,12,16H,1,7,9,11H2,(H,20,21). The van der Waals surface area contributed by atoms with E-state index >= 15 is 0 Å². The highest BCUT2D eigenvalue weighted by atomic mass is 35.5. The molecule has 5 heteroatoms. The number of nitrogens with zero attached hydrogens (tertiary/aromatic N) is 2. The van der Waals surface area contributed by atoms with Crippen LogP contribution in [0.3, 0.4) is 0 Å². The maximum absolute atomic E-state index is 12.6. The van der Waals surface area contributed by atoms with Crippen molar-refractivity contribution >= 4 is 29.0 Å². The van der Waals surface area contributed by atoms with Crippen molar-refractivity contribution in [3.63, 3.8) is 0 Å². The van der Waals surface area contributed by atoms with Crippen molar-refractivity contribution in [2.24, 2.45) is 5.92 Å². The third kappa shape index (κ3) is 2.91. The number of hydrogen-bond acceptors (Lipinski definition) is 3. The summed E-state index contributed by atoms with van der Waals surface area (Å²) in [6.45, 7) is 0.911. The number of amides is 1. The Morgan fingerprint density at radius 2 is 2.00 bits per heavy atom. The van der Waals surface area contributed by atoms with Gasteiger partial charge in [-0.1, -0.05) is 11.6 Å². The summed E-state index contributed by atoms with van der Waals surface area (Å²) in [5.74, 6) is 1.54. The van der Waals surface area contributed by atoms with E-state index in [1.807, 2.05) is 41.3 Å². The van der Waals surface area contributed by atoms with Gasteiger partial charge in [0, 0.05) is 29.5 Å². The molecule has 2 aliphatic rings. The van der Waals surface area contributed by atoms with E-state index in [0.29, 0.717) is 28.4 Å². The molecule has 2 aromatic rings. The maximum atomic E-state index is 12.6. The third-order valence-electron chi connectivity index (χ3n) is 4.80. The number of anilines is 2. The van der Waals surface area contributed by atoms with Gasteiger partial charge in [-0.15, -0.1) is 0 Å². The van der Waals surface area contributed by atoms with Crippen LogP contribution in [0.25, 0.3) is 0 Å². The molecule has 1 aliphatic carbocycles. The second kappa shape index (κ2) is 5.85. The van der Waals surface area contributed by atoms with Gasteiger partial charge in [0.2, 0.25) is 0 Å². The van der Waals surface area contributed by atoms with Gasteiger partial charge in [0.05, 0.1) is 5.56 Å². The van der Waals surface area contributed by atoms with Crippen LogP contribution in [0.1, 0.15) is 29.6 Å². The number of halogens is 1. The molecular weight excluding hydrogens is 310 g/mol. The number of fused-ring (bicyclic) bond motifs is 2. The highest BCUT2D eigenvalue weighted by Gasteiger charge is 2.40. The van der Waals surface area contributed by atoms with E-state index in [-0.39, 0.29) is 5.91 Å². The SMILES string of the molecule is O=C(c1ccc(Nc2ccc(Cl)cc2)nc1)N1CC2CCC1C2. The van der Waals surface area contributed by atoms with Gasteiger partial charge in [-0.05, 0) is 61.6 Å². The van der Waals surface area contributed by atoms with Crippen molar-refractivity contribution in [3.8, 4) is 0 Å². The Bertz CT molecular complexity index is 714. The Hall–Kier alpha value is -2.07. The van der Waals surface area contributed by atoms with E-state index in [0.717, 1.165) is 18.7 Å². The normalized spacial score (nSPS) is 22.4. The van der Waals surface area contributed by atoms with E-state index < -0.39 is 0 Å². The van der Waals surface area contributed by atoms with Gasteiger partial charge in [-0.2, -0.15) is 0 Å². The monoisotopic (exact) mass is 327 g/mol. The second-order valence-electron chi connectivity index (χ2n) is 6.35. The Morgan fingerprint density at radius 1 is 1.17 bits per heavy atom. The molecule has 2 fully saturated rings. The van der Waals surface area contributed by atoms with E-state index in [9.17, 15) is 4.79 Å². The van der Waals surface area contributed by atoms with E-state index in [1.165, 1.54) is 12.8 Å². The van der Waals surface area contributed by atoms with Gasteiger partial charge >= 0.3 is 0 Å². The predicted octanol–water partition coefficient (Wildman–Crippen LogP) is 4.10. The quantitative estimate of drug-likeness (QED) is 0.923. The lowest BCUT2D eigenvalue weighted by atomic mass is 10.1. The summed E-state index contributed by atoms with van der Waals surface area (Å²) >= 11 is 5.87. The molecule has 2 bridgehead atoms. The molecule has 2 unspecified atom stereocenters. The van der Waals surface area contributed by atoms with Gasteiger partial charge < -0.3 is 10.2 Å². The van der Waals surface area contributed by atoms with Crippen LogP contribution >= 0.6 is 11.6 Å². The summed E-state index contributed by atoms with van der Waals surface area (Å²) in [6.07, 6.45) is 5.26.